The number of hydrogen-bond acceptors (Lipinski definition) is 1. The monoisotopic (exact) mass is 151 g/mol. The van der Waals surface area contributed by atoms with Crippen LogP contribution in [0.25, 0.3) is 0 Å². The highest BCUT2D eigenvalue weighted by atomic mass is 14.8. The Morgan fingerprint density at radius 3 is 2.73 bits per heavy atom. The van der Waals surface area contributed by atoms with Crippen molar-refractivity contribution >= 4 is 6.21 Å². The van der Waals surface area contributed by atoms with E-state index in [1.54, 1.807) is 0 Å². The van der Waals surface area contributed by atoms with Gasteiger partial charge in [0.25, 0.3) is 0 Å². The lowest BCUT2D eigenvalue weighted by molar-refractivity contribution is 0.433. The van der Waals surface area contributed by atoms with Crippen LogP contribution in [0.15, 0.2) is 17.1 Å². The summed E-state index contributed by atoms with van der Waals surface area (Å²) in [4.78, 5) is 4.44. The summed E-state index contributed by atoms with van der Waals surface area (Å²) in [5.41, 5.74) is 0. The first-order valence-corrected chi connectivity index (χ1v) is 4.40. The minimum absolute atomic E-state index is 0.528. The molecule has 0 spiro atoms. The van der Waals surface area contributed by atoms with Crippen molar-refractivity contribution in [3.05, 3.63) is 12.2 Å². The lowest BCUT2D eigenvalue weighted by Crippen LogP contribution is -2.18. The molecule has 1 aliphatic heterocycles. The summed E-state index contributed by atoms with van der Waals surface area (Å²) in [6.07, 6.45) is 7.41. The number of allylic oxidation sites excluding steroid dienone is 1. The Morgan fingerprint density at radius 2 is 2.18 bits per heavy atom. The standard InChI is InChI=1S/C10H17N/c1-8(2)7-10-9(3)5-4-6-11-10/h4-6,8-10H,7H2,1-3H3. The third kappa shape index (κ3) is 2.49. The van der Waals surface area contributed by atoms with Gasteiger partial charge in [0.15, 0.2) is 0 Å². The van der Waals surface area contributed by atoms with Crippen LogP contribution in [0.1, 0.15) is 27.2 Å². The van der Waals surface area contributed by atoms with E-state index in [9.17, 15) is 0 Å². The molecule has 1 aliphatic rings. The topological polar surface area (TPSA) is 12.4 Å². The van der Waals surface area contributed by atoms with Gasteiger partial charge in [-0.2, -0.15) is 0 Å². The molecule has 1 heterocycles. The van der Waals surface area contributed by atoms with Gasteiger partial charge in [-0.3, -0.25) is 4.99 Å². The molecule has 1 heteroatoms. The first-order valence-electron chi connectivity index (χ1n) is 4.40. The second kappa shape index (κ2) is 3.70. The van der Waals surface area contributed by atoms with Gasteiger partial charge < -0.3 is 0 Å². The Morgan fingerprint density at radius 1 is 1.45 bits per heavy atom. The fourth-order valence-corrected chi connectivity index (χ4v) is 1.41. The van der Waals surface area contributed by atoms with Gasteiger partial charge >= 0.3 is 0 Å². The van der Waals surface area contributed by atoms with Crippen molar-refractivity contribution in [1.29, 1.82) is 0 Å². The summed E-state index contributed by atoms with van der Waals surface area (Å²) in [6.45, 7) is 6.74. The van der Waals surface area contributed by atoms with Gasteiger partial charge in [0, 0.05) is 6.21 Å². The molecule has 0 N–H and O–H groups in total. The average Bonchev–Trinajstić information content (AvgIpc) is 1.93. The van der Waals surface area contributed by atoms with E-state index in [1.165, 1.54) is 6.42 Å². The van der Waals surface area contributed by atoms with E-state index in [0.717, 1.165) is 5.92 Å². The molecule has 1 nitrogen and oxygen atoms in total. The summed E-state index contributed by atoms with van der Waals surface area (Å²) < 4.78 is 0. The number of rotatable bonds is 2. The molecule has 2 unspecified atom stereocenters. The van der Waals surface area contributed by atoms with Crippen molar-refractivity contribution in [2.75, 3.05) is 0 Å². The van der Waals surface area contributed by atoms with E-state index in [4.69, 9.17) is 0 Å². The van der Waals surface area contributed by atoms with Crippen LogP contribution in [0.5, 0.6) is 0 Å². The van der Waals surface area contributed by atoms with Crippen molar-refractivity contribution in [3.8, 4) is 0 Å². The van der Waals surface area contributed by atoms with Gasteiger partial charge in [-0.15, -0.1) is 0 Å². The van der Waals surface area contributed by atoms with E-state index in [1.807, 2.05) is 12.3 Å². The Balaban J connectivity index is 2.45. The maximum absolute atomic E-state index is 4.44. The normalized spacial score (nSPS) is 29.8. The van der Waals surface area contributed by atoms with Crippen molar-refractivity contribution in [2.45, 2.75) is 33.2 Å². The van der Waals surface area contributed by atoms with E-state index >= 15 is 0 Å². The number of hydrogen-bond donors (Lipinski definition) is 0. The van der Waals surface area contributed by atoms with Gasteiger partial charge in [-0.05, 0) is 24.3 Å². The minimum atomic E-state index is 0.528. The molecule has 0 saturated carbocycles. The summed E-state index contributed by atoms with van der Waals surface area (Å²) in [7, 11) is 0. The lowest BCUT2D eigenvalue weighted by atomic mass is 9.92. The van der Waals surface area contributed by atoms with Crippen LogP contribution < -0.4 is 0 Å². The SMILES string of the molecule is CC(C)CC1N=CC=CC1C. The molecule has 0 aliphatic carbocycles. The number of dihydropyridines is 1. The molecule has 0 saturated heterocycles. The molecule has 0 radical (unpaired) electrons. The predicted octanol–water partition coefficient (Wildman–Crippen LogP) is 2.68. The zero-order valence-electron chi connectivity index (χ0n) is 7.62. The van der Waals surface area contributed by atoms with Crippen molar-refractivity contribution in [2.24, 2.45) is 16.8 Å². The predicted molar refractivity (Wildman–Crippen MR) is 50.0 cm³/mol. The van der Waals surface area contributed by atoms with Gasteiger partial charge in [-0.1, -0.05) is 26.8 Å². The summed E-state index contributed by atoms with van der Waals surface area (Å²) in [5.74, 6) is 1.38. The smallest absolute Gasteiger partial charge is 0.0562 e. The second-order valence-corrected chi connectivity index (χ2v) is 3.74. The molecule has 0 bridgehead atoms. The van der Waals surface area contributed by atoms with Crippen LogP contribution in [0.4, 0.5) is 0 Å². The fraction of sp³-hybridized carbons (Fsp3) is 0.700. The summed E-state index contributed by atoms with van der Waals surface area (Å²) >= 11 is 0. The molecular formula is C10H17N. The molecule has 0 fully saturated rings. The minimum Gasteiger partial charge on any atom is -0.289 e. The largest absolute Gasteiger partial charge is 0.289 e. The van der Waals surface area contributed by atoms with Gasteiger partial charge in [0.2, 0.25) is 0 Å². The first-order chi connectivity index (χ1) is 5.20. The third-order valence-electron chi connectivity index (χ3n) is 2.10. The van der Waals surface area contributed by atoms with Crippen molar-refractivity contribution < 1.29 is 0 Å². The summed E-state index contributed by atoms with van der Waals surface area (Å²) in [6, 6.07) is 0.528. The van der Waals surface area contributed by atoms with Crippen LogP contribution in [-0.2, 0) is 0 Å². The van der Waals surface area contributed by atoms with E-state index in [-0.39, 0.29) is 0 Å². The average molecular weight is 151 g/mol. The van der Waals surface area contributed by atoms with Crippen LogP contribution in [0.2, 0.25) is 0 Å². The molecule has 0 aromatic heterocycles. The molecule has 0 aromatic carbocycles. The Bertz CT molecular complexity index is 168. The van der Waals surface area contributed by atoms with Crippen LogP contribution in [-0.4, -0.2) is 12.3 Å². The van der Waals surface area contributed by atoms with Crippen LogP contribution in [0.3, 0.4) is 0 Å². The number of aliphatic imine (C=N–C) groups is 1. The van der Waals surface area contributed by atoms with Crippen LogP contribution in [0, 0.1) is 11.8 Å². The van der Waals surface area contributed by atoms with Gasteiger partial charge in [0.1, 0.15) is 0 Å². The molecule has 2 atom stereocenters. The molecule has 0 amide bonds. The highest BCUT2D eigenvalue weighted by Crippen LogP contribution is 2.19. The van der Waals surface area contributed by atoms with E-state index < -0.39 is 0 Å². The van der Waals surface area contributed by atoms with E-state index in [2.05, 4.69) is 31.8 Å². The fourth-order valence-electron chi connectivity index (χ4n) is 1.41. The molecule has 0 aromatic rings. The third-order valence-corrected chi connectivity index (χ3v) is 2.10. The molecule has 62 valence electrons. The number of nitrogens with zero attached hydrogens (tertiary/aromatic N) is 1. The molecule has 11 heavy (non-hydrogen) atoms. The maximum atomic E-state index is 4.44. The van der Waals surface area contributed by atoms with Gasteiger partial charge in [0.05, 0.1) is 6.04 Å². The summed E-state index contributed by atoms with van der Waals surface area (Å²) in [5, 5.41) is 0. The van der Waals surface area contributed by atoms with Crippen molar-refractivity contribution in [1.82, 2.24) is 0 Å². The van der Waals surface area contributed by atoms with Crippen molar-refractivity contribution in [3.63, 3.8) is 0 Å². The quantitative estimate of drug-likeness (QED) is 0.575. The lowest BCUT2D eigenvalue weighted by Gasteiger charge is -2.21. The van der Waals surface area contributed by atoms with E-state index in [0.29, 0.717) is 12.0 Å². The Hall–Kier alpha value is -0.590. The zero-order chi connectivity index (χ0) is 8.27. The Labute approximate surface area is 69.2 Å². The Kier molecular flexibility index (Phi) is 2.86. The zero-order valence-corrected chi connectivity index (χ0v) is 7.62. The highest BCUT2D eigenvalue weighted by molar-refractivity contribution is 5.72. The molecule has 1 rings (SSSR count). The second-order valence-electron chi connectivity index (χ2n) is 3.74. The van der Waals surface area contributed by atoms with Crippen LogP contribution >= 0.6 is 0 Å². The van der Waals surface area contributed by atoms with Gasteiger partial charge in [-0.25, -0.2) is 0 Å². The highest BCUT2D eigenvalue weighted by Gasteiger charge is 2.15. The molecular weight excluding hydrogens is 134 g/mol. The maximum Gasteiger partial charge on any atom is 0.0562 e. The first kappa shape index (κ1) is 8.51.